The summed E-state index contributed by atoms with van der Waals surface area (Å²) in [6.45, 7) is 1.28. The zero-order chi connectivity index (χ0) is 18.7. The molecule has 2 aliphatic heterocycles. The Bertz CT molecular complexity index is 723. The third kappa shape index (κ3) is 5.40. The number of amides is 2. The lowest BCUT2D eigenvalue weighted by atomic mass is 9.89. The predicted octanol–water partition coefficient (Wildman–Crippen LogP) is 1.73. The first-order chi connectivity index (χ1) is 12.4. The highest BCUT2D eigenvalue weighted by molar-refractivity contribution is 6.01. The van der Waals surface area contributed by atoms with Gasteiger partial charge in [0, 0.05) is 12.1 Å². The second-order valence-corrected chi connectivity index (χ2v) is 6.83. The second kappa shape index (κ2) is 9.14. The maximum absolute atomic E-state index is 14.6. The molecule has 0 aliphatic carbocycles. The Morgan fingerprint density at radius 3 is 2.56 bits per heavy atom. The lowest BCUT2D eigenvalue weighted by Gasteiger charge is -2.31. The summed E-state index contributed by atoms with van der Waals surface area (Å²) in [6, 6.07) is 4.30. The molecule has 0 spiro atoms. The molecule has 27 heavy (non-hydrogen) atoms. The van der Waals surface area contributed by atoms with E-state index >= 15 is 0 Å². The minimum Gasteiger partial charge on any atom is -0.480 e. The van der Waals surface area contributed by atoms with Crippen molar-refractivity contribution in [2.75, 3.05) is 25.0 Å². The fourth-order valence-corrected chi connectivity index (χ4v) is 3.57. The molecule has 2 saturated heterocycles. The molecule has 0 bridgehead atoms. The van der Waals surface area contributed by atoms with Crippen LogP contribution in [0.15, 0.2) is 18.2 Å². The van der Waals surface area contributed by atoms with E-state index < -0.39 is 17.9 Å². The van der Waals surface area contributed by atoms with Gasteiger partial charge in [-0.3, -0.25) is 24.6 Å². The van der Waals surface area contributed by atoms with Gasteiger partial charge in [-0.15, -0.1) is 12.4 Å². The molecule has 2 aliphatic rings. The molecule has 148 valence electrons. The predicted molar refractivity (Wildman–Crippen MR) is 99.5 cm³/mol. The van der Waals surface area contributed by atoms with E-state index in [0.29, 0.717) is 43.6 Å². The van der Waals surface area contributed by atoms with Gasteiger partial charge in [-0.25, -0.2) is 4.39 Å². The second-order valence-electron chi connectivity index (χ2n) is 6.83. The van der Waals surface area contributed by atoms with Crippen LogP contribution in [0.2, 0.25) is 0 Å². The Labute approximate surface area is 162 Å². The number of imide groups is 1. The highest BCUT2D eigenvalue weighted by atomic mass is 35.5. The Balaban J connectivity index is 0.00000261. The van der Waals surface area contributed by atoms with Crippen molar-refractivity contribution in [3.05, 3.63) is 29.6 Å². The number of nitrogens with zero attached hydrogens (tertiary/aromatic N) is 1. The van der Waals surface area contributed by atoms with E-state index in [2.05, 4.69) is 10.6 Å². The Morgan fingerprint density at radius 1 is 1.26 bits per heavy atom. The molecule has 9 heteroatoms. The summed E-state index contributed by atoms with van der Waals surface area (Å²) in [7, 11) is 0. The standard InChI is InChI=1S/C18H22FN3O4.ClH/c19-14-9-12(20-15-3-4-16(23)21-18(15)26)1-2-13(14)11-5-7-22(8-6-11)10-17(24)25;/h1-2,9,11,15,20H,3-8,10H2,(H,24,25)(H,21,23,26);1H. The number of benzene rings is 1. The summed E-state index contributed by atoms with van der Waals surface area (Å²) in [4.78, 5) is 35.6. The number of aliphatic carboxylic acids is 1. The molecule has 1 atom stereocenters. The largest absolute Gasteiger partial charge is 0.480 e. The van der Waals surface area contributed by atoms with Crippen LogP contribution < -0.4 is 10.6 Å². The van der Waals surface area contributed by atoms with E-state index in [1.165, 1.54) is 6.07 Å². The van der Waals surface area contributed by atoms with Crippen molar-refractivity contribution in [2.45, 2.75) is 37.6 Å². The molecule has 3 rings (SSSR count). The van der Waals surface area contributed by atoms with Crippen LogP contribution in [-0.4, -0.2) is 53.5 Å². The maximum Gasteiger partial charge on any atom is 0.317 e. The van der Waals surface area contributed by atoms with Gasteiger partial charge >= 0.3 is 5.97 Å². The number of piperidine rings is 2. The Kier molecular flexibility index (Phi) is 7.15. The van der Waals surface area contributed by atoms with Crippen LogP contribution in [0.25, 0.3) is 0 Å². The van der Waals surface area contributed by atoms with E-state index in [4.69, 9.17) is 5.11 Å². The van der Waals surface area contributed by atoms with Gasteiger partial charge in [-0.2, -0.15) is 0 Å². The van der Waals surface area contributed by atoms with Gasteiger partial charge in [-0.05, 0) is 56.0 Å². The lowest BCUT2D eigenvalue weighted by molar-refractivity contribution is -0.138. The maximum atomic E-state index is 14.6. The van der Waals surface area contributed by atoms with Crippen LogP contribution in [0.4, 0.5) is 10.1 Å². The number of nitrogens with one attached hydrogen (secondary N) is 2. The summed E-state index contributed by atoms with van der Waals surface area (Å²) < 4.78 is 14.6. The van der Waals surface area contributed by atoms with Gasteiger partial charge in [0.05, 0.1) is 6.54 Å². The number of carbonyl (C=O) groups excluding carboxylic acids is 2. The van der Waals surface area contributed by atoms with Crippen LogP contribution in [0, 0.1) is 5.82 Å². The van der Waals surface area contributed by atoms with Gasteiger partial charge in [0.2, 0.25) is 11.8 Å². The lowest BCUT2D eigenvalue weighted by Crippen LogP contribution is -2.47. The van der Waals surface area contributed by atoms with Crippen LogP contribution in [0.5, 0.6) is 0 Å². The van der Waals surface area contributed by atoms with E-state index in [0.717, 1.165) is 0 Å². The number of likely N-dealkylation sites (tertiary alicyclic amines) is 1. The van der Waals surface area contributed by atoms with Gasteiger partial charge in [0.1, 0.15) is 11.9 Å². The monoisotopic (exact) mass is 399 g/mol. The summed E-state index contributed by atoms with van der Waals surface area (Å²) in [5.41, 5.74) is 1.12. The normalized spacial score (nSPS) is 21.3. The topological polar surface area (TPSA) is 98.7 Å². The molecule has 0 radical (unpaired) electrons. The molecule has 1 unspecified atom stereocenters. The molecule has 7 nitrogen and oxygen atoms in total. The van der Waals surface area contributed by atoms with E-state index in [9.17, 15) is 18.8 Å². The number of hydrogen-bond acceptors (Lipinski definition) is 5. The minimum absolute atomic E-state index is 0. The minimum atomic E-state index is -0.849. The highest BCUT2D eigenvalue weighted by Gasteiger charge is 2.27. The van der Waals surface area contributed by atoms with Crippen LogP contribution >= 0.6 is 12.4 Å². The van der Waals surface area contributed by atoms with Crippen molar-refractivity contribution in [3.8, 4) is 0 Å². The zero-order valence-corrected chi connectivity index (χ0v) is 15.6. The van der Waals surface area contributed by atoms with E-state index in [1.54, 1.807) is 12.1 Å². The molecule has 3 N–H and O–H groups in total. The average molecular weight is 400 g/mol. The number of carboxylic acids is 1. The van der Waals surface area contributed by atoms with Crippen molar-refractivity contribution in [1.82, 2.24) is 10.2 Å². The van der Waals surface area contributed by atoms with Crippen molar-refractivity contribution < 1.29 is 23.9 Å². The number of hydrogen-bond donors (Lipinski definition) is 3. The molecule has 2 fully saturated rings. The first-order valence-electron chi connectivity index (χ1n) is 8.76. The van der Waals surface area contributed by atoms with Gasteiger partial charge < -0.3 is 10.4 Å². The fourth-order valence-electron chi connectivity index (χ4n) is 3.57. The molecular weight excluding hydrogens is 377 g/mol. The van der Waals surface area contributed by atoms with Crippen molar-refractivity contribution in [3.63, 3.8) is 0 Å². The molecule has 0 aromatic heterocycles. The number of rotatable bonds is 5. The summed E-state index contributed by atoms with van der Waals surface area (Å²) >= 11 is 0. The quantitative estimate of drug-likeness (QED) is 0.652. The summed E-state index contributed by atoms with van der Waals surface area (Å²) in [6.07, 6.45) is 2.07. The highest BCUT2D eigenvalue weighted by Crippen LogP contribution is 2.31. The first kappa shape index (κ1) is 21.1. The van der Waals surface area contributed by atoms with E-state index in [1.807, 2.05) is 4.90 Å². The SMILES string of the molecule is Cl.O=C(O)CN1CCC(c2ccc(NC3CCC(=O)NC3=O)cc2F)CC1. The molecule has 0 saturated carbocycles. The molecule has 1 aromatic carbocycles. The number of anilines is 1. The molecule has 1 aromatic rings. The zero-order valence-electron chi connectivity index (χ0n) is 14.7. The smallest absolute Gasteiger partial charge is 0.317 e. The number of halogens is 2. The third-order valence-corrected chi connectivity index (χ3v) is 4.97. The van der Waals surface area contributed by atoms with Gasteiger partial charge in [0.15, 0.2) is 0 Å². The van der Waals surface area contributed by atoms with E-state index in [-0.39, 0.29) is 43.0 Å². The molecule has 2 heterocycles. The average Bonchev–Trinajstić information content (AvgIpc) is 2.58. The van der Waals surface area contributed by atoms with Crippen molar-refractivity contribution in [1.29, 1.82) is 0 Å². The summed E-state index contributed by atoms with van der Waals surface area (Å²) in [5.74, 6) is -1.80. The first-order valence-corrected chi connectivity index (χ1v) is 8.76. The van der Waals surface area contributed by atoms with Crippen molar-refractivity contribution in [2.24, 2.45) is 0 Å². The molecular formula is C18H23ClFN3O4. The number of carboxylic acid groups (broad SMARTS) is 1. The number of carbonyl (C=O) groups is 3. The van der Waals surface area contributed by atoms with Crippen LogP contribution in [-0.2, 0) is 14.4 Å². The fraction of sp³-hybridized carbons (Fsp3) is 0.500. The van der Waals surface area contributed by atoms with Crippen LogP contribution in [0.1, 0.15) is 37.2 Å². The van der Waals surface area contributed by atoms with Crippen LogP contribution in [0.3, 0.4) is 0 Å². The molecule has 2 amide bonds. The Morgan fingerprint density at radius 2 is 1.96 bits per heavy atom. The van der Waals surface area contributed by atoms with Gasteiger partial charge in [0.25, 0.3) is 0 Å². The third-order valence-electron chi connectivity index (χ3n) is 4.97. The Hall–Kier alpha value is -2.19. The van der Waals surface area contributed by atoms with Gasteiger partial charge in [-0.1, -0.05) is 6.07 Å². The van der Waals surface area contributed by atoms with Crippen molar-refractivity contribution >= 4 is 35.9 Å². The summed E-state index contributed by atoms with van der Waals surface area (Å²) in [5, 5.41) is 14.1.